The number of aromatic nitrogens is 3. The van der Waals surface area contributed by atoms with Gasteiger partial charge in [0.15, 0.2) is 11.7 Å². The van der Waals surface area contributed by atoms with Crippen LogP contribution in [-0.2, 0) is 6.54 Å². The van der Waals surface area contributed by atoms with E-state index in [4.69, 9.17) is 11.3 Å². The molecule has 0 bridgehead atoms. The van der Waals surface area contributed by atoms with Crippen molar-refractivity contribution in [3.05, 3.63) is 53.5 Å². The number of hydrogen-bond acceptors (Lipinski definition) is 8. The van der Waals surface area contributed by atoms with E-state index in [0.717, 1.165) is 37.0 Å². The smallest absolute Gasteiger partial charge is 0.263 e. The molecule has 2 aromatic heterocycles. The Morgan fingerprint density at radius 3 is 2.71 bits per heavy atom. The first-order valence-corrected chi connectivity index (χ1v) is 11.5. The molecule has 35 heavy (non-hydrogen) atoms. The summed E-state index contributed by atoms with van der Waals surface area (Å²) in [6, 6.07) is 6.51. The third-order valence-electron chi connectivity index (χ3n) is 5.83. The van der Waals surface area contributed by atoms with Crippen LogP contribution >= 0.6 is 0 Å². The molecule has 3 aromatic rings. The molecule has 5 N–H and O–H groups in total. The number of nitrogens with two attached hydrogens (primary N) is 1. The van der Waals surface area contributed by atoms with Gasteiger partial charge in [-0.3, -0.25) is 4.90 Å². The van der Waals surface area contributed by atoms with Crippen LogP contribution in [0, 0.1) is 5.53 Å². The summed E-state index contributed by atoms with van der Waals surface area (Å²) in [5.74, 6) is 0.497. The van der Waals surface area contributed by atoms with Crippen LogP contribution in [0.1, 0.15) is 49.8 Å². The second-order valence-electron chi connectivity index (χ2n) is 8.96. The van der Waals surface area contributed by atoms with E-state index in [-0.39, 0.29) is 23.5 Å². The molecular weight excluding hydrogens is 454 g/mol. The number of alkyl halides is 2. The maximum atomic E-state index is 13.7. The summed E-state index contributed by atoms with van der Waals surface area (Å²) in [6.07, 6.45) is 2.46. The average Bonchev–Trinajstić information content (AvgIpc) is 3.24. The number of benzene rings is 1. The number of likely N-dealkylation sites (tertiary alicyclic amines) is 1. The molecule has 0 saturated carbocycles. The highest BCUT2D eigenvalue weighted by molar-refractivity contribution is 6.00. The first-order valence-electron chi connectivity index (χ1n) is 11.5. The van der Waals surface area contributed by atoms with Crippen LogP contribution in [0.4, 0.5) is 20.3 Å². The summed E-state index contributed by atoms with van der Waals surface area (Å²) < 4.78 is 29.1. The van der Waals surface area contributed by atoms with Crippen molar-refractivity contribution in [2.45, 2.75) is 51.7 Å². The fourth-order valence-electron chi connectivity index (χ4n) is 4.05. The third kappa shape index (κ3) is 5.95. The first kappa shape index (κ1) is 24.6. The minimum atomic E-state index is -2.71. The molecule has 0 spiro atoms. The fraction of sp³-hybridized carbons (Fsp3) is 0.435. The van der Waals surface area contributed by atoms with Gasteiger partial charge in [-0.15, -0.1) is 5.11 Å². The quantitative estimate of drug-likeness (QED) is 0.165. The Bertz CT molecular complexity index is 1200. The highest BCUT2D eigenvalue weighted by Gasteiger charge is 2.20. The Labute approximate surface area is 202 Å². The predicted molar refractivity (Wildman–Crippen MR) is 130 cm³/mol. The van der Waals surface area contributed by atoms with Crippen LogP contribution in [0.15, 0.2) is 47.0 Å². The van der Waals surface area contributed by atoms with Crippen molar-refractivity contribution in [1.82, 2.24) is 24.9 Å². The normalized spacial score (nSPS) is 15.8. The van der Waals surface area contributed by atoms with Crippen molar-refractivity contribution >= 4 is 22.9 Å². The molecule has 0 unspecified atom stereocenters. The van der Waals surface area contributed by atoms with Crippen molar-refractivity contribution in [2.75, 3.05) is 18.4 Å². The summed E-state index contributed by atoms with van der Waals surface area (Å²) in [5.41, 5.74) is 18.6. The van der Waals surface area contributed by atoms with Crippen molar-refractivity contribution < 1.29 is 8.78 Å². The summed E-state index contributed by atoms with van der Waals surface area (Å²) >= 11 is 0. The molecule has 186 valence electrons. The van der Waals surface area contributed by atoms with Gasteiger partial charge in [-0.1, -0.05) is 0 Å². The minimum Gasteiger partial charge on any atom is -0.338 e. The summed E-state index contributed by atoms with van der Waals surface area (Å²) in [4.78, 5) is 6.74. The number of fused-ring (bicyclic) bond motifs is 1. The van der Waals surface area contributed by atoms with Crippen molar-refractivity contribution in [3.63, 3.8) is 0 Å². The number of rotatable bonds is 8. The number of nitrogens with one attached hydrogen (secondary N) is 3. The number of hydrogen-bond donors (Lipinski definition) is 4. The molecule has 1 fully saturated rings. The fourth-order valence-corrected chi connectivity index (χ4v) is 4.05. The molecule has 4 rings (SSSR count). The lowest BCUT2D eigenvalue weighted by molar-refractivity contribution is 0.151. The summed E-state index contributed by atoms with van der Waals surface area (Å²) in [6.45, 7) is 6.29. The number of halogens is 2. The number of nitrogens with zero attached hydrogens (tertiary/aromatic N) is 6. The largest absolute Gasteiger partial charge is 0.338 e. The lowest BCUT2D eigenvalue weighted by Gasteiger charge is -2.29. The van der Waals surface area contributed by atoms with E-state index in [0.29, 0.717) is 23.6 Å². The van der Waals surface area contributed by atoms with Crippen LogP contribution in [0.5, 0.6) is 0 Å². The van der Waals surface area contributed by atoms with Crippen molar-refractivity contribution in [3.8, 4) is 0 Å². The molecule has 1 aliphatic rings. The van der Waals surface area contributed by atoms with Gasteiger partial charge in [-0.05, 0) is 69.6 Å². The van der Waals surface area contributed by atoms with Gasteiger partial charge in [0.25, 0.3) is 6.43 Å². The molecule has 10 nitrogen and oxygen atoms in total. The second kappa shape index (κ2) is 10.8. The third-order valence-corrected chi connectivity index (χ3v) is 5.83. The van der Waals surface area contributed by atoms with Gasteiger partial charge in [0.05, 0.1) is 0 Å². The molecule has 1 aromatic carbocycles. The molecule has 0 radical (unpaired) electrons. The topological polar surface area (TPSA) is 132 Å². The number of amidine groups is 1. The zero-order chi connectivity index (χ0) is 24.9. The van der Waals surface area contributed by atoms with E-state index in [1.807, 2.05) is 26.1 Å². The molecule has 0 amide bonds. The van der Waals surface area contributed by atoms with Gasteiger partial charge in [-0.25, -0.2) is 23.8 Å². The maximum Gasteiger partial charge on any atom is 0.263 e. The Balaban J connectivity index is 1.67. The van der Waals surface area contributed by atoms with E-state index < -0.39 is 6.43 Å². The van der Waals surface area contributed by atoms with Gasteiger partial charge in [-0.2, -0.15) is 10.2 Å². The maximum absolute atomic E-state index is 13.7. The van der Waals surface area contributed by atoms with Gasteiger partial charge in [0.1, 0.15) is 11.8 Å². The molecule has 3 heterocycles. The second-order valence-corrected chi connectivity index (χ2v) is 8.96. The van der Waals surface area contributed by atoms with E-state index in [1.165, 1.54) is 18.5 Å². The van der Waals surface area contributed by atoms with Crippen molar-refractivity contribution in [1.29, 1.82) is 5.53 Å². The Hall–Kier alpha value is -3.51. The van der Waals surface area contributed by atoms with Gasteiger partial charge in [0.2, 0.25) is 0 Å². The Morgan fingerprint density at radius 1 is 1.26 bits per heavy atom. The highest BCUT2D eigenvalue weighted by atomic mass is 19.3. The minimum absolute atomic E-state index is 0.000331. The van der Waals surface area contributed by atoms with Gasteiger partial charge < -0.3 is 16.5 Å². The Kier molecular flexibility index (Phi) is 7.61. The highest BCUT2D eigenvalue weighted by Crippen LogP contribution is 2.29. The van der Waals surface area contributed by atoms with Crippen LogP contribution in [0.3, 0.4) is 0 Å². The molecule has 1 saturated heterocycles. The van der Waals surface area contributed by atoms with Gasteiger partial charge >= 0.3 is 0 Å². The Morgan fingerprint density at radius 2 is 2.03 bits per heavy atom. The molecule has 12 heteroatoms. The zero-order valence-electron chi connectivity index (χ0n) is 19.7. The molecule has 1 aliphatic heterocycles. The lowest BCUT2D eigenvalue weighted by atomic mass is 10.1. The standard InChI is InChI=1S/C23H30F2N10/c1-14(2)32-33-22(31-27)17-9-16(21(24)25)10-19(11-17)30-23-20-15(3-8-35(20)29-13-28-23)12-34-6-4-18(26)5-7-34/h3,8-11,13-14,18,21,27,32H,4-7,12,26H2,1-2H3,(H,28,29,30)/b31-27?,33-22-. The number of anilines is 2. The van der Waals surface area contributed by atoms with Crippen LogP contribution < -0.4 is 16.5 Å². The molecule has 0 aliphatic carbocycles. The van der Waals surface area contributed by atoms with E-state index >= 15 is 0 Å². The average molecular weight is 485 g/mol. The van der Waals surface area contributed by atoms with E-state index in [1.54, 1.807) is 10.6 Å². The van der Waals surface area contributed by atoms with E-state index in [2.05, 4.69) is 35.9 Å². The van der Waals surface area contributed by atoms with Gasteiger partial charge in [0, 0.05) is 41.6 Å². The summed E-state index contributed by atoms with van der Waals surface area (Å²) in [5, 5.41) is 15.0. The summed E-state index contributed by atoms with van der Waals surface area (Å²) in [7, 11) is 0. The lowest BCUT2D eigenvalue weighted by Crippen LogP contribution is -2.39. The van der Waals surface area contributed by atoms with Crippen LogP contribution in [-0.4, -0.2) is 50.5 Å². The number of hydrazone groups is 1. The monoisotopic (exact) mass is 484 g/mol. The van der Waals surface area contributed by atoms with Crippen LogP contribution in [0.25, 0.3) is 5.52 Å². The van der Waals surface area contributed by atoms with E-state index in [9.17, 15) is 8.78 Å². The zero-order valence-corrected chi connectivity index (χ0v) is 19.7. The predicted octanol–water partition coefficient (Wildman–Crippen LogP) is 4.02. The van der Waals surface area contributed by atoms with Crippen LogP contribution in [0.2, 0.25) is 0 Å². The first-order chi connectivity index (χ1) is 16.8. The van der Waals surface area contributed by atoms with Crippen molar-refractivity contribution in [2.24, 2.45) is 15.9 Å². The number of piperidine rings is 1. The molecular formula is C23H30F2N10. The SMILES string of the molecule is CC(C)N/N=C(\N=N)c1cc(Nc2ncnn3ccc(CN4CCC(N)CC4)c23)cc(C(F)F)c1. The molecule has 0 atom stereocenters.